The topological polar surface area (TPSA) is 100.0 Å². The van der Waals surface area contributed by atoms with Gasteiger partial charge >= 0.3 is 0 Å². The van der Waals surface area contributed by atoms with Crippen molar-refractivity contribution < 1.29 is 13.6 Å². The molecule has 6 rings (SSSR count). The van der Waals surface area contributed by atoms with Crippen LogP contribution in [0.5, 0.6) is 0 Å². The molecule has 0 aliphatic heterocycles. The maximum Gasteiger partial charge on any atom is 0.270 e. The van der Waals surface area contributed by atoms with E-state index in [4.69, 9.17) is 6.57 Å². The minimum Gasteiger partial charge on any atom is -0.365 e. The zero-order valence-corrected chi connectivity index (χ0v) is 22.9. The Hall–Kier alpha value is -4.69. The fourth-order valence-corrected chi connectivity index (χ4v) is 5.95. The highest BCUT2D eigenvalue weighted by Gasteiger charge is 2.28. The molecule has 1 aliphatic carbocycles. The SMILES string of the molecule is [C-]#[N+]c1c(-c2c[nH]c3ncc(F)cc23)nc(N[C@@H]2CCC[C@H](NC(=O)c3csc(C)n3)C2)c(F)c1-c1ccccc1. The Kier molecular flexibility index (Phi) is 7.15. The summed E-state index contributed by atoms with van der Waals surface area (Å²) in [7, 11) is 0. The van der Waals surface area contributed by atoms with E-state index in [2.05, 4.69) is 35.4 Å². The van der Waals surface area contributed by atoms with Gasteiger partial charge in [-0.2, -0.15) is 0 Å². The van der Waals surface area contributed by atoms with Crippen molar-refractivity contribution in [3.63, 3.8) is 0 Å². The van der Waals surface area contributed by atoms with Crippen LogP contribution in [0.2, 0.25) is 0 Å². The summed E-state index contributed by atoms with van der Waals surface area (Å²) in [5, 5.41) is 9.32. The normalized spacial score (nSPS) is 16.8. The lowest BCUT2D eigenvalue weighted by molar-refractivity contribution is 0.0922. The smallest absolute Gasteiger partial charge is 0.270 e. The molecule has 0 spiro atoms. The number of pyridine rings is 2. The number of fused-ring (bicyclic) bond motifs is 1. The fourth-order valence-electron chi connectivity index (χ4n) is 5.36. The van der Waals surface area contributed by atoms with Crippen molar-refractivity contribution in [2.75, 3.05) is 5.32 Å². The summed E-state index contributed by atoms with van der Waals surface area (Å²) in [4.78, 5) is 32.4. The molecule has 2 atom stereocenters. The number of aryl methyl sites for hydroxylation is 1. The number of anilines is 1. The number of nitrogens with zero attached hydrogens (tertiary/aromatic N) is 4. The van der Waals surface area contributed by atoms with E-state index in [0.717, 1.165) is 30.5 Å². The van der Waals surface area contributed by atoms with Gasteiger partial charge in [-0.25, -0.2) is 28.6 Å². The van der Waals surface area contributed by atoms with Crippen LogP contribution in [-0.2, 0) is 0 Å². The van der Waals surface area contributed by atoms with Gasteiger partial charge in [-0.1, -0.05) is 30.3 Å². The van der Waals surface area contributed by atoms with Crippen molar-refractivity contribution in [3.05, 3.63) is 87.9 Å². The summed E-state index contributed by atoms with van der Waals surface area (Å²) in [5.41, 5.74) is 2.17. The van der Waals surface area contributed by atoms with Crippen LogP contribution in [0.3, 0.4) is 0 Å². The predicted molar refractivity (Wildman–Crippen MR) is 155 cm³/mol. The fraction of sp³-hybridized carbons (Fsp3) is 0.233. The third-order valence-electron chi connectivity index (χ3n) is 7.24. The number of halogens is 2. The molecule has 206 valence electrons. The molecule has 4 aromatic heterocycles. The second-order valence-electron chi connectivity index (χ2n) is 10.0. The molecule has 1 aromatic carbocycles. The lowest BCUT2D eigenvalue weighted by Crippen LogP contribution is -2.42. The summed E-state index contributed by atoms with van der Waals surface area (Å²) >= 11 is 1.42. The van der Waals surface area contributed by atoms with Gasteiger partial charge in [0.2, 0.25) is 5.69 Å². The molecule has 11 heteroatoms. The summed E-state index contributed by atoms with van der Waals surface area (Å²) in [6, 6.07) is 9.88. The molecule has 1 amide bonds. The first kappa shape index (κ1) is 26.5. The number of amides is 1. The van der Waals surface area contributed by atoms with Crippen LogP contribution in [0.1, 0.15) is 41.2 Å². The van der Waals surface area contributed by atoms with E-state index in [9.17, 15) is 9.18 Å². The highest BCUT2D eigenvalue weighted by molar-refractivity contribution is 7.09. The zero-order valence-electron chi connectivity index (χ0n) is 22.0. The number of aromatic amines is 1. The molecule has 5 aromatic rings. The van der Waals surface area contributed by atoms with Crippen LogP contribution in [0.4, 0.5) is 20.3 Å². The number of nitrogens with one attached hydrogen (secondary N) is 3. The number of benzene rings is 1. The van der Waals surface area contributed by atoms with Crippen LogP contribution in [0.25, 0.3) is 38.3 Å². The van der Waals surface area contributed by atoms with Crippen molar-refractivity contribution in [1.29, 1.82) is 0 Å². The molecule has 0 radical (unpaired) electrons. The quantitative estimate of drug-likeness (QED) is 0.191. The molecule has 1 fully saturated rings. The summed E-state index contributed by atoms with van der Waals surface area (Å²) < 4.78 is 30.4. The van der Waals surface area contributed by atoms with Gasteiger partial charge < -0.3 is 15.6 Å². The minimum absolute atomic E-state index is 0.00271. The number of hydrogen-bond donors (Lipinski definition) is 3. The van der Waals surface area contributed by atoms with Gasteiger partial charge in [0.15, 0.2) is 11.6 Å². The van der Waals surface area contributed by atoms with Crippen LogP contribution in [-0.4, -0.2) is 37.9 Å². The Balaban J connectivity index is 1.38. The maximum absolute atomic E-state index is 16.3. The van der Waals surface area contributed by atoms with E-state index in [1.54, 1.807) is 35.8 Å². The van der Waals surface area contributed by atoms with E-state index in [1.807, 2.05) is 13.0 Å². The van der Waals surface area contributed by atoms with Crippen LogP contribution >= 0.6 is 11.3 Å². The van der Waals surface area contributed by atoms with Gasteiger partial charge in [0, 0.05) is 40.2 Å². The largest absolute Gasteiger partial charge is 0.365 e. The molecule has 4 heterocycles. The number of rotatable bonds is 6. The summed E-state index contributed by atoms with van der Waals surface area (Å²) in [5.74, 6) is -1.40. The maximum atomic E-state index is 16.3. The summed E-state index contributed by atoms with van der Waals surface area (Å²) in [6.07, 6.45) is 5.66. The van der Waals surface area contributed by atoms with Gasteiger partial charge in [-0.15, -0.1) is 11.3 Å². The molecular weight excluding hydrogens is 544 g/mol. The first-order valence-corrected chi connectivity index (χ1v) is 14.1. The Labute approximate surface area is 238 Å². The number of aromatic nitrogens is 4. The van der Waals surface area contributed by atoms with Crippen LogP contribution in [0.15, 0.2) is 54.2 Å². The average molecular weight is 570 g/mol. The molecular formula is C30H25F2N7OS. The third kappa shape index (κ3) is 5.26. The van der Waals surface area contributed by atoms with Crippen LogP contribution in [0, 0.1) is 25.1 Å². The molecule has 0 unspecified atom stereocenters. The lowest BCUT2D eigenvalue weighted by Gasteiger charge is -2.31. The first-order valence-electron chi connectivity index (χ1n) is 13.2. The molecule has 0 bridgehead atoms. The van der Waals surface area contributed by atoms with Crippen molar-refractivity contribution >= 4 is 39.8 Å². The number of H-pyrrole nitrogens is 1. The second kappa shape index (κ2) is 11.1. The Bertz CT molecular complexity index is 1790. The monoisotopic (exact) mass is 569 g/mol. The zero-order chi connectivity index (χ0) is 28.5. The third-order valence-corrected chi connectivity index (χ3v) is 8.01. The van der Waals surface area contributed by atoms with Gasteiger partial charge in [0.25, 0.3) is 5.91 Å². The highest BCUT2D eigenvalue weighted by Crippen LogP contribution is 2.44. The number of carbonyl (C=O) groups excluding carboxylic acids is 1. The van der Waals surface area contributed by atoms with Gasteiger partial charge in [-0.05, 0) is 44.2 Å². The van der Waals surface area contributed by atoms with Crippen molar-refractivity contribution in [2.45, 2.75) is 44.7 Å². The van der Waals surface area contributed by atoms with Crippen molar-refractivity contribution in [1.82, 2.24) is 25.3 Å². The molecule has 41 heavy (non-hydrogen) atoms. The van der Waals surface area contributed by atoms with Crippen molar-refractivity contribution in [3.8, 4) is 22.4 Å². The second-order valence-corrected chi connectivity index (χ2v) is 11.1. The molecule has 1 aliphatic rings. The van der Waals surface area contributed by atoms with Gasteiger partial charge in [0.1, 0.15) is 17.2 Å². The Morgan fingerprint density at radius 1 is 1.17 bits per heavy atom. The van der Waals surface area contributed by atoms with Gasteiger partial charge in [-0.3, -0.25) is 4.79 Å². The molecule has 3 N–H and O–H groups in total. The number of hydrogen-bond acceptors (Lipinski definition) is 6. The van der Waals surface area contributed by atoms with Crippen molar-refractivity contribution in [2.24, 2.45) is 0 Å². The van der Waals surface area contributed by atoms with E-state index in [-0.39, 0.29) is 40.8 Å². The number of carbonyl (C=O) groups is 1. The Morgan fingerprint density at radius 3 is 2.73 bits per heavy atom. The average Bonchev–Trinajstić information content (AvgIpc) is 3.60. The van der Waals surface area contributed by atoms with Crippen LogP contribution < -0.4 is 10.6 Å². The van der Waals surface area contributed by atoms with E-state index >= 15 is 4.39 Å². The van der Waals surface area contributed by atoms with Gasteiger partial charge in [0.05, 0.1) is 23.5 Å². The molecule has 8 nitrogen and oxygen atoms in total. The number of thiazole rings is 1. The predicted octanol–water partition coefficient (Wildman–Crippen LogP) is 7.04. The lowest BCUT2D eigenvalue weighted by atomic mass is 9.90. The first-order chi connectivity index (χ1) is 19.9. The standard InChI is InChI=1S/C30H25F2N7OS/c1-16-36-23(15-41-16)30(40)38-20-10-6-9-19(12-20)37-29-25(32)24(17-7-4-3-5-8-17)27(33-2)26(39-29)22-14-35-28-21(22)11-18(31)13-34-28/h3-5,7-8,11,13-15,19-20H,6,9-10,12H2,1H3,(H,34,35)(H,37,39)(H,38,40)/t19-,20+/m1/s1. The van der Waals surface area contributed by atoms with E-state index in [1.165, 1.54) is 17.4 Å². The molecule has 0 saturated heterocycles. The molecule has 1 saturated carbocycles. The summed E-state index contributed by atoms with van der Waals surface area (Å²) in [6.45, 7) is 9.82. The van der Waals surface area contributed by atoms with E-state index in [0.29, 0.717) is 34.3 Å². The Morgan fingerprint density at radius 2 is 1.98 bits per heavy atom. The minimum atomic E-state index is -0.640. The van der Waals surface area contributed by atoms with E-state index < -0.39 is 11.6 Å². The highest BCUT2D eigenvalue weighted by atomic mass is 32.1.